The fourth-order valence-corrected chi connectivity index (χ4v) is 7.88. The topological polar surface area (TPSA) is 13.1 Å². The molecule has 1 nitrogen and oxygen atoms in total. The quantitative estimate of drug-likeness (QED) is 0.451. The highest BCUT2D eigenvalue weighted by Crippen LogP contribution is 2.55. The van der Waals surface area contributed by atoms with Crippen molar-refractivity contribution in [3.8, 4) is 0 Å². The fraction of sp³-hybridized carbons (Fsp3) is 0.0833. The van der Waals surface area contributed by atoms with Crippen LogP contribution in [0.1, 0.15) is 5.76 Å². The summed E-state index contributed by atoms with van der Waals surface area (Å²) in [4.78, 5) is 0. The lowest BCUT2D eigenvalue weighted by Gasteiger charge is -2.27. The third kappa shape index (κ3) is 3.23. The summed E-state index contributed by atoms with van der Waals surface area (Å²) in [6, 6.07) is 37.0. The molecule has 128 valence electrons. The van der Waals surface area contributed by atoms with E-state index in [1.165, 1.54) is 15.9 Å². The van der Waals surface area contributed by atoms with Crippen molar-refractivity contribution in [2.75, 3.05) is 6.16 Å². The average Bonchev–Trinajstić information content (AvgIpc) is 3.25. The van der Waals surface area contributed by atoms with Gasteiger partial charge in [-0.1, -0.05) is 54.6 Å². The van der Waals surface area contributed by atoms with E-state index in [0.717, 1.165) is 18.3 Å². The van der Waals surface area contributed by atoms with Gasteiger partial charge in [0.2, 0.25) is 0 Å². The average molecular weight is 357 g/mol. The first-order valence-corrected chi connectivity index (χ1v) is 10.9. The molecule has 0 amide bonds. The standard InChI is InChI=1S/C24H22OP/c1-4-12-22(13-5-1)26(23-14-6-2-7-15-23,24-16-8-3-9-17-24)20-18-21-11-10-19-25-21/h1-17,19H,18,20H2/q+1. The van der Waals surface area contributed by atoms with Crippen molar-refractivity contribution in [1.29, 1.82) is 0 Å². The van der Waals surface area contributed by atoms with E-state index in [0.29, 0.717) is 0 Å². The van der Waals surface area contributed by atoms with Crippen LogP contribution in [-0.2, 0) is 6.42 Å². The molecule has 0 N–H and O–H groups in total. The monoisotopic (exact) mass is 357 g/mol. The normalized spacial score (nSPS) is 11.4. The van der Waals surface area contributed by atoms with Crippen LogP contribution in [0.5, 0.6) is 0 Å². The van der Waals surface area contributed by atoms with E-state index < -0.39 is 7.26 Å². The number of hydrogen-bond acceptors (Lipinski definition) is 1. The third-order valence-electron chi connectivity index (χ3n) is 4.86. The van der Waals surface area contributed by atoms with Crippen molar-refractivity contribution >= 4 is 23.2 Å². The van der Waals surface area contributed by atoms with Crippen molar-refractivity contribution < 1.29 is 4.42 Å². The van der Waals surface area contributed by atoms with E-state index in [4.69, 9.17) is 4.42 Å². The van der Waals surface area contributed by atoms with Gasteiger partial charge in [-0.3, -0.25) is 0 Å². The maximum Gasteiger partial charge on any atom is 0.112 e. The van der Waals surface area contributed by atoms with E-state index in [9.17, 15) is 0 Å². The molecule has 4 aromatic rings. The molecule has 0 fully saturated rings. The number of rotatable bonds is 6. The van der Waals surface area contributed by atoms with Gasteiger partial charge >= 0.3 is 0 Å². The molecule has 26 heavy (non-hydrogen) atoms. The summed E-state index contributed by atoms with van der Waals surface area (Å²) in [6.45, 7) is 0. The second-order valence-electron chi connectivity index (χ2n) is 6.37. The van der Waals surface area contributed by atoms with E-state index >= 15 is 0 Å². The van der Waals surface area contributed by atoms with Crippen LogP contribution in [0.2, 0.25) is 0 Å². The maximum atomic E-state index is 5.65. The molecule has 0 aliphatic carbocycles. The highest BCUT2D eigenvalue weighted by atomic mass is 31.2. The minimum absolute atomic E-state index is 0.930. The Morgan fingerprint density at radius 3 is 1.38 bits per heavy atom. The van der Waals surface area contributed by atoms with Gasteiger partial charge in [-0.2, -0.15) is 0 Å². The molecule has 2 heteroatoms. The SMILES string of the molecule is c1ccc([P+](CCc2ccco2)(c2ccccc2)c2ccccc2)cc1. The first-order chi connectivity index (χ1) is 12.9. The summed E-state index contributed by atoms with van der Waals surface area (Å²) in [5, 5.41) is 4.26. The lowest BCUT2D eigenvalue weighted by atomic mass is 10.3. The lowest BCUT2D eigenvalue weighted by molar-refractivity contribution is 0.517. The minimum Gasteiger partial charge on any atom is -0.469 e. The smallest absolute Gasteiger partial charge is 0.112 e. The van der Waals surface area contributed by atoms with E-state index in [-0.39, 0.29) is 0 Å². The molecule has 0 saturated carbocycles. The Labute approximate surface area is 155 Å². The molecule has 0 aliphatic rings. The molecule has 4 rings (SSSR count). The van der Waals surface area contributed by atoms with Crippen LogP contribution >= 0.6 is 7.26 Å². The van der Waals surface area contributed by atoms with Crippen molar-refractivity contribution in [1.82, 2.24) is 0 Å². The van der Waals surface area contributed by atoms with Gasteiger partial charge in [0.1, 0.15) is 28.9 Å². The third-order valence-corrected chi connectivity index (χ3v) is 9.30. The largest absolute Gasteiger partial charge is 0.469 e. The van der Waals surface area contributed by atoms with Crippen LogP contribution in [0.15, 0.2) is 114 Å². The summed E-state index contributed by atoms with van der Waals surface area (Å²) >= 11 is 0. The predicted molar refractivity (Wildman–Crippen MR) is 112 cm³/mol. The zero-order valence-corrected chi connectivity index (χ0v) is 15.6. The molecule has 3 aromatic carbocycles. The van der Waals surface area contributed by atoms with Crippen LogP contribution in [0.25, 0.3) is 0 Å². The van der Waals surface area contributed by atoms with E-state index in [1.807, 2.05) is 6.07 Å². The second kappa shape index (κ2) is 7.72. The number of aryl methyl sites for hydroxylation is 1. The molecule has 0 aliphatic heterocycles. The Bertz CT molecular complexity index is 819. The molecule has 0 radical (unpaired) electrons. The summed E-state index contributed by atoms with van der Waals surface area (Å²) in [5.41, 5.74) is 0. The molecule has 1 heterocycles. The highest BCUT2D eigenvalue weighted by Gasteiger charge is 2.44. The van der Waals surface area contributed by atoms with Crippen LogP contribution in [0, 0.1) is 0 Å². The zero-order chi connectivity index (χ0) is 17.7. The number of hydrogen-bond donors (Lipinski definition) is 0. The van der Waals surface area contributed by atoms with Gasteiger partial charge in [0.15, 0.2) is 0 Å². The molecule has 0 spiro atoms. The summed E-state index contributed by atoms with van der Waals surface area (Å²) in [6.07, 6.45) is 3.75. The van der Waals surface area contributed by atoms with Crippen molar-refractivity contribution in [2.24, 2.45) is 0 Å². The molecule has 0 saturated heterocycles. The molecule has 0 bridgehead atoms. The predicted octanol–water partition coefficient (Wildman–Crippen LogP) is 4.82. The summed E-state index contributed by atoms with van der Waals surface area (Å²) in [7, 11) is -1.75. The molecule has 1 aromatic heterocycles. The maximum absolute atomic E-state index is 5.65. The first kappa shape index (κ1) is 16.8. The first-order valence-electron chi connectivity index (χ1n) is 8.97. The molecular weight excluding hydrogens is 335 g/mol. The minimum atomic E-state index is -1.75. The highest BCUT2D eigenvalue weighted by molar-refractivity contribution is 7.95. The Morgan fingerprint density at radius 1 is 0.538 bits per heavy atom. The van der Waals surface area contributed by atoms with Crippen LogP contribution in [0.4, 0.5) is 0 Å². The lowest BCUT2D eigenvalue weighted by Crippen LogP contribution is -2.33. The van der Waals surface area contributed by atoms with Crippen molar-refractivity contribution in [3.63, 3.8) is 0 Å². The van der Waals surface area contributed by atoms with Gasteiger partial charge in [0.25, 0.3) is 0 Å². The fourth-order valence-electron chi connectivity index (χ4n) is 3.61. The zero-order valence-electron chi connectivity index (χ0n) is 14.7. The Hall–Kier alpha value is -2.63. The van der Waals surface area contributed by atoms with Gasteiger partial charge in [0, 0.05) is 6.42 Å². The molecule has 0 unspecified atom stereocenters. The molecule has 0 atom stereocenters. The van der Waals surface area contributed by atoms with Crippen LogP contribution in [-0.4, -0.2) is 6.16 Å². The summed E-state index contributed by atoms with van der Waals surface area (Å²) < 4.78 is 5.65. The van der Waals surface area contributed by atoms with Crippen molar-refractivity contribution in [2.45, 2.75) is 6.42 Å². The Kier molecular flexibility index (Phi) is 5.00. The molecular formula is C24H22OP+. The van der Waals surface area contributed by atoms with Crippen molar-refractivity contribution in [3.05, 3.63) is 115 Å². The Morgan fingerprint density at radius 2 is 1.00 bits per heavy atom. The van der Waals surface area contributed by atoms with Gasteiger partial charge in [-0.25, -0.2) is 0 Å². The second-order valence-corrected chi connectivity index (χ2v) is 9.99. The van der Waals surface area contributed by atoms with Crippen LogP contribution in [0.3, 0.4) is 0 Å². The van der Waals surface area contributed by atoms with Gasteiger partial charge in [-0.05, 0) is 48.5 Å². The Balaban J connectivity index is 1.90. The number of furan rings is 1. The van der Waals surface area contributed by atoms with E-state index in [1.54, 1.807) is 6.26 Å². The van der Waals surface area contributed by atoms with E-state index in [2.05, 4.69) is 97.1 Å². The number of benzene rings is 3. The van der Waals surface area contributed by atoms with Gasteiger partial charge in [0.05, 0.1) is 12.4 Å². The summed E-state index contributed by atoms with van der Waals surface area (Å²) in [5.74, 6) is 1.05. The van der Waals surface area contributed by atoms with Crippen LogP contribution < -0.4 is 15.9 Å². The van der Waals surface area contributed by atoms with Gasteiger partial charge < -0.3 is 4.42 Å². The van der Waals surface area contributed by atoms with Gasteiger partial charge in [-0.15, -0.1) is 0 Å².